The van der Waals surface area contributed by atoms with Gasteiger partial charge in [0.25, 0.3) is 0 Å². The number of benzene rings is 3. The summed E-state index contributed by atoms with van der Waals surface area (Å²) in [5, 5.41) is 19.0. The number of primary amides is 1. The molecule has 0 fully saturated rings. The number of aliphatic carboxylic acids is 1. The predicted molar refractivity (Wildman–Crippen MR) is 199 cm³/mol. The summed E-state index contributed by atoms with van der Waals surface area (Å²) in [6.45, 7) is 6.52. The minimum absolute atomic E-state index is 0.268. The maximum absolute atomic E-state index is 12.7. The van der Waals surface area contributed by atoms with Crippen LogP contribution in [0, 0.1) is 0 Å². The fraction of sp³-hybridized carbons (Fsp3) is 0.474. The van der Waals surface area contributed by atoms with Crippen LogP contribution in [0.4, 0.5) is 4.79 Å². The summed E-state index contributed by atoms with van der Waals surface area (Å²) in [5.74, 6) is -1.49. The number of carboxylic acids is 1. The van der Waals surface area contributed by atoms with Gasteiger partial charge in [0.1, 0.15) is 12.4 Å². The normalized spacial score (nSPS) is 12.2. The van der Waals surface area contributed by atoms with Gasteiger partial charge < -0.3 is 56.2 Å². The van der Waals surface area contributed by atoms with Gasteiger partial charge in [-0.25, -0.2) is 4.79 Å². The summed E-state index contributed by atoms with van der Waals surface area (Å²) in [5.41, 5.74) is 13.3. The number of hydrogen-bond donors (Lipinski definition) is 6. The Morgan fingerprint density at radius 2 is 1.36 bits per heavy atom. The van der Waals surface area contributed by atoms with Crippen LogP contribution in [-0.2, 0) is 33.3 Å². The molecule has 15 nitrogen and oxygen atoms in total. The lowest BCUT2D eigenvalue weighted by Crippen LogP contribution is -2.45. The van der Waals surface area contributed by atoms with Crippen molar-refractivity contribution >= 4 is 34.6 Å². The van der Waals surface area contributed by atoms with Crippen molar-refractivity contribution < 1.29 is 48.0 Å². The third-order valence-corrected chi connectivity index (χ3v) is 7.92. The number of hydrogen-bond acceptors (Lipinski definition) is 10. The van der Waals surface area contributed by atoms with E-state index in [1.807, 2.05) is 48.5 Å². The smallest absolute Gasteiger partial charge is 0.312 e. The number of rotatable bonds is 27. The lowest BCUT2D eigenvalue weighted by Gasteiger charge is -2.19. The summed E-state index contributed by atoms with van der Waals surface area (Å²) in [6.07, 6.45) is 1.33. The zero-order valence-electron chi connectivity index (χ0n) is 30.3. The van der Waals surface area contributed by atoms with E-state index in [1.54, 1.807) is 12.1 Å². The molecule has 3 aromatic rings. The first kappa shape index (κ1) is 42.6. The largest absolute Gasteiger partial charge is 0.491 e. The first-order chi connectivity index (χ1) is 25.7. The van der Waals surface area contributed by atoms with Crippen molar-refractivity contribution in [3.05, 3.63) is 66.2 Å². The Morgan fingerprint density at radius 1 is 0.755 bits per heavy atom. The molecule has 2 unspecified atom stereocenters. The summed E-state index contributed by atoms with van der Waals surface area (Å²) in [7, 11) is 0. The average molecular weight is 740 g/mol. The zero-order chi connectivity index (χ0) is 38.3. The maximum Gasteiger partial charge on any atom is 0.312 e. The first-order valence-corrected chi connectivity index (χ1v) is 17.8. The van der Waals surface area contributed by atoms with Gasteiger partial charge in [-0.15, -0.1) is 0 Å². The van der Waals surface area contributed by atoms with Gasteiger partial charge in [-0.2, -0.15) is 0 Å². The van der Waals surface area contributed by atoms with E-state index in [0.29, 0.717) is 64.8 Å². The number of amides is 4. The van der Waals surface area contributed by atoms with E-state index < -0.39 is 35.9 Å². The Kier molecular flexibility index (Phi) is 19.7. The second-order valence-corrected chi connectivity index (χ2v) is 12.1. The molecule has 15 heteroatoms. The lowest BCUT2D eigenvalue weighted by atomic mass is 9.95. The quantitative estimate of drug-likeness (QED) is 0.0624. The van der Waals surface area contributed by atoms with E-state index in [9.17, 15) is 24.3 Å². The van der Waals surface area contributed by atoms with Crippen molar-refractivity contribution in [3.8, 4) is 16.9 Å². The molecule has 2 atom stereocenters. The highest BCUT2D eigenvalue weighted by Gasteiger charge is 2.20. The molecule has 0 aliphatic carbocycles. The maximum atomic E-state index is 12.7. The molecular formula is C38H53N5O10. The van der Waals surface area contributed by atoms with Crippen molar-refractivity contribution in [2.24, 2.45) is 11.5 Å². The molecule has 0 heterocycles. The molecule has 4 amide bonds. The number of ether oxygens (including phenoxy) is 5. The fourth-order valence-electron chi connectivity index (χ4n) is 5.30. The molecule has 0 radical (unpaired) electrons. The predicted octanol–water partition coefficient (Wildman–Crippen LogP) is 2.89. The highest BCUT2D eigenvalue weighted by atomic mass is 16.6. The molecular weight excluding hydrogens is 686 g/mol. The van der Waals surface area contributed by atoms with Gasteiger partial charge >= 0.3 is 12.0 Å². The van der Waals surface area contributed by atoms with Crippen LogP contribution < -0.4 is 32.2 Å². The van der Waals surface area contributed by atoms with Crippen LogP contribution >= 0.6 is 0 Å². The number of carbonyl (C=O) groups is 4. The highest BCUT2D eigenvalue weighted by molar-refractivity contribution is 6.00. The molecule has 290 valence electrons. The van der Waals surface area contributed by atoms with E-state index in [-0.39, 0.29) is 25.9 Å². The van der Waals surface area contributed by atoms with Gasteiger partial charge in [-0.05, 0) is 47.4 Å². The lowest BCUT2D eigenvalue weighted by molar-refractivity contribution is -0.138. The van der Waals surface area contributed by atoms with Gasteiger partial charge in [0.2, 0.25) is 11.8 Å². The molecule has 8 N–H and O–H groups in total. The van der Waals surface area contributed by atoms with Crippen LogP contribution in [0.1, 0.15) is 44.2 Å². The minimum atomic E-state index is -1.10. The Bertz CT molecular complexity index is 1570. The van der Waals surface area contributed by atoms with E-state index in [1.165, 1.54) is 0 Å². The molecule has 53 heavy (non-hydrogen) atoms. The SMILES string of the molecule is CCCOCCOCCOCCOCCOc1ccc(-c2ccc(C(CC(=O)O)NC(=O)CNC(=O)C(N)CCCNC(N)=O)cc2)c2ccccc12. The number of nitrogens with two attached hydrogens (primary N) is 2. The molecule has 3 rings (SSSR count). The van der Waals surface area contributed by atoms with E-state index >= 15 is 0 Å². The fourth-order valence-corrected chi connectivity index (χ4v) is 5.30. The second kappa shape index (κ2) is 24.4. The first-order valence-electron chi connectivity index (χ1n) is 17.8. The number of fused-ring (bicyclic) bond motifs is 1. The van der Waals surface area contributed by atoms with Crippen molar-refractivity contribution in [3.63, 3.8) is 0 Å². The number of urea groups is 1. The molecule has 0 spiro atoms. The van der Waals surface area contributed by atoms with Crippen LogP contribution in [0.15, 0.2) is 60.7 Å². The summed E-state index contributed by atoms with van der Waals surface area (Å²) in [4.78, 5) is 47.4. The Labute approximate surface area is 310 Å². The Hall–Kier alpha value is -4.80. The molecule has 0 aromatic heterocycles. The van der Waals surface area contributed by atoms with E-state index in [4.69, 9.17) is 35.2 Å². The monoisotopic (exact) mass is 739 g/mol. The topological polar surface area (TPSA) is 223 Å². The zero-order valence-corrected chi connectivity index (χ0v) is 30.3. The van der Waals surface area contributed by atoms with Crippen molar-refractivity contribution in [2.45, 2.75) is 44.7 Å². The van der Waals surface area contributed by atoms with Gasteiger partial charge in [-0.1, -0.05) is 61.5 Å². The molecule has 0 bridgehead atoms. The van der Waals surface area contributed by atoms with Gasteiger partial charge in [0.05, 0.1) is 71.3 Å². The molecule has 0 saturated carbocycles. The Balaban J connectivity index is 1.50. The van der Waals surface area contributed by atoms with Crippen LogP contribution in [0.2, 0.25) is 0 Å². The number of carboxylic acid groups (broad SMARTS) is 1. The van der Waals surface area contributed by atoms with Crippen LogP contribution in [0.3, 0.4) is 0 Å². The molecule has 0 saturated heterocycles. The van der Waals surface area contributed by atoms with Gasteiger partial charge in [0.15, 0.2) is 0 Å². The minimum Gasteiger partial charge on any atom is -0.491 e. The van der Waals surface area contributed by atoms with E-state index in [2.05, 4.69) is 22.9 Å². The van der Waals surface area contributed by atoms with Crippen molar-refractivity contribution in [1.29, 1.82) is 0 Å². The molecule has 0 aliphatic rings. The number of nitrogens with one attached hydrogen (secondary N) is 3. The highest BCUT2D eigenvalue weighted by Crippen LogP contribution is 2.35. The van der Waals surface area contributed by atoms with E-state index in [0.717, 1.165) is 40.7 Å². The van der Waals surface area contributed by atoms with Gasteiger partial charge in [-0.3, -0.25) is 14.4 Å². The summed E-state index contributed by atoms with van der Waals surface area (Å²) in [6, 6.07) is 16.7. The second-order valence-electron chi connectivity index (χ2n) is 12.1. The van der Waals surface area contributed by atoms with Gasteiger partial charge in [0, 0.05) is 18.5 Å². The average Bonchev–Trinajstić information content (AvgIpc) is 3.15. The summed E-state index contributed by atoms with van der Waals surface area (Å²) < 4.78 is 28.1. The third-order valence-electron chi connectivity index (χ3n) is 7.92. The standard InChI is InChI=1S/C38H53N5O10/c1-2-16-49-17-18-50-19-20-51-21-22-52-23-24-53-34-14-13-29(30-6-3-4-7-31(30)34)27-9-11-28(12-10-27)33(25-36(45)46)43-35(44)26-42-37(47)32(39)8-5-15-41-38(40)48/h3-4,6-7,9-14,32-33H,2,5,8,15-26,39H2,1H3,(H,42,47)(H,43,44)(H,45,46)(H3,40,41,48). The van der Waals surface area contributed by atoms with Crippen molar-refractivity contribution in [2.75, 3.05) is 72.6 Å². The third kappa shape index (κ3) is 16.2. The summed E-state index contributed by atoms with van der Waals surface area (Å²) >= 11 is 0. The molecule has 0 aliphatic heterocycles. The van der Waals surface area contributed by atoms with Crippen molar-refractivity contribution in [1.82, 2.24) is 16.0 Å². The van der Waals surface area contributed by atoms with Crippen LogP contribution in [0.25, 0.3) is 21.9 Å². The van der Waals surface area contributed by atoms with Crippen LogP contribution in [0.5, 0.6) is 5.75 Å². The molecule has 3 aromatic carbocycles. The van der Waals surface area contributed by atoms with Crippen LogP contribution in [-0.4, -0.2) is 108 Å². The Morgan fingerprint density at radius 3 is 1.96 bits per heavy atom. The number of carbonyl (C=O) groups excluding carboxylic acids is 3.